The minimum Gasteiger partial charge on any atom is -0.484 e. The van der Waals surface area contributed by atoms with Gasteiger partial charge in [-0.1, -0.05) is 19.3 Å². The van der Waals surface area contributed by atoms with Gasteiger partial charge in [-0.05, 0) is 67.6 Å². The molecule has 2 heterocycles. The van der Waals surface area contributed by atoms with Crippen LogP contribution in [0.1, 0.15) is 84.6 Å². The predicted molar refractivity (Wildman–Crippen MR) is 168 cm³/mol. The summed E-state index contributed by atoms with van der Waals surface area (Å²) in [4.78, 5) is 57.5. The van der Waals surface area contributed by atoms with E-state index in [1.165, 1.54) is 24.3 Å². The fraction of sp³-hybridized carbons (Fsp3) is 0.529. The van der Waals surface area contributed by atoms with Crippen LogP contribution in [0.5, 0.6) is 5.75 Å². The molecule has 1 unspecified atom stereocenters. The molecule has 2 saturated heterocycles. The summed E-state index contributed by atoms with van der Waals surface area (Å²) >= 11 is 0. The van der Waals surface area contributed by atoms with Crippen molar-refractivity contribution in [2.24, 2.45) is 0 Å². The fourth-order valence-corrected chi connectivity index (χ4v) is 6.70. The zero-order chi connectivity index (χ0) is 32.1. The predicted octanol–water partition coefficient (Wildman–Crippen LogP) is 2.99. The summed E-state index contributed by atoms with van der Waals surface area (Å²) in [5.74, 6) is -0.894. The monoisotopic (exact) mass is 622 g/mol. The Bertz CT molecular complexity index is 1420. The second kappa shape index (κ2) is 14.4. The number of nitrogens with zero attached hydrogens (tertiary/aromatic N) is 3. The molecule has 1 saturated carbocycles. The van der Waals surface area contributed by atoms with Crippen molar-refractivity contribution in [3.05, 3.63) is 58.9 Å². The molecule has 1 aliphatic carbocycles. The lowest BCUT2D eigenvalue weighted by atomic mass is 9.83. The number of carbonyl (C=O) groups excluding carboxylic acids is 4. The van der Waals surface area contributed by atoms with Crippen molar-refractivity contribution in [3.63, 3.8) is 0 Å². The number of rotatable bonds is 8. The summed E-state index contributed by atoms with van der Waals surface area (Å²) in [6.07, 6.45) is 6.76. The van der Waals surface area contributed by atoms with Crippen LogP contribution in [0.4, 0.5) is 10.1 Å². The molecule has 242 valence electrons. The van der Waals surface area contributed by atoms with Crippen LogP contribution in [0, 0.1) is 5.82 Å². The molecular weight excluding hydrogens is 577 g/mol. The molecule has 3 fully saturated rings. The Morgan fingerprint density at radius 3 is 2.47 bits per heavy atom. The van der Waals surface area contributed by atoms with Crippen LogP contribution < -0.4 is 15.4 Å². The number of halogens is 1. The van der Waals surface area contributed by atoms with Crippen LogP contribution in [0.25, 0.3) is 0 Å². The molecule has 4 amide bonds. The molecule has 11 heteroatoms. The van der Waals surface area contributed by atoms with Crippen molar-refractivity contribution in [2.45, 2.75) is 70.4 Å². The number of nitrogens with two attached hydrogens (primary N) is 1. The summed E-state index contributed by atoms with van der Waals surface area (Å²) in [5, 5.41) is 4.77. The second-order valence-electron chi connectivity index (χ2n) is 12.5. The molecule has 3 N–H and O–H groups in total. The van der Waals surface area contributed by atoms with Gasteiger partial charge in [0.25, 0.3) is 11.8 Å². The summed E-state index contributed by atoms with van der Waals surface area (Å²) < 4.78 is 20.8. The van der Waals surface area contributed by atoms with Crippen molar-refractivity contribution in [1.29, 1.82) is 0 Å². The molecule has 0 bridgehead atoms. The number of amides is 4. The van der Waals surface area contributed by atoms with Gasteiger partial charge >= 0.3 is 0 Å². The van der Waals surface area contributed by atoms with Gasteiger partial charge in [0.2, 0.25) is 11.8 Å². The van der Waals surface area contributed by atoms with Gasteiger partial charge < -0.3 is 30.1 Å². The van der Waals surface area contributed by atoms with E-state index in [0.717, 1.165) is 68.6 Å². The minimum absolute atomic E-state index is 0.0331. The lowest BCUT2D eigenvalue weighted by Gasteiger charge is -2.42. The largest absolute Gasteiger partial charge is 0.484 e. The number of piperazine rings is 1. The molecule has 2 aliphatic heterocycles. The van der Waals surface area contributed by atoms with Crippen LogP contribution in [-0.2, 0) is 9.59 Å². The Labute approximate surface area is 264 Å². The van der Waals surface area contributed by atoms with Crippen LogP contribution >= 0.6 is 0 Å². The molecule has 45 heavy (non-hydrogen) atoms. The van der Waals surface area contributed by atoms with Crippen molar-refractivity contribution >= 4 is 29.3 Å². The van der Waals surface area contributed by atoms with Crippen LogP contribution in [0.15, 0.2) is 36.4 Å². The quantitative estimate of drug-likeness (QED) is 0.470. The maximum Gasteiger partial charge on any atom is 0.254 e. The van der Waals surface area contributed by atoms with Gasteiger partial charge in [0.05, 0.1) is 13.1 Å². The van der Waals surface area contributed by atoms with Gasteiger partial charge in [-0.2, -0.15) is 0 Å². The number of anilines is 1. The Morgan fingerprint density at radius 1 is 1.00 bits per heavy atom. The average molecular weight is 623 g/mol. The van der Waals surface area contributed by atoms with Crippen molar-refractivity contribution in [2.75, 3.05) is 51.6 Å². The molecule has 2 aromatic rings. The summed E-state index contributed by atoms with van der Waals surface area (Å²) in [5.41, 5.74) is 1.80. The molecular formula is C34H45FN5O5+. The van der Waals surface area contributed by atoms with Gasteiger partial charge in [0.15, 0.2) is 6.10 Å². The SMILES string of the molecule is CCN(C)C(=O)C1CN(C(=O)c2cc(F)cc(NC(C)=O)c2)CCN1C(=O)c1ccc(O[C@H]2CC[NH2+]C2)c(C2CCCCC2)c1. The Balaban J connectivity index is 1.41. The highest BCUT2D eigenvalue weighted by molar-refractivity contribution is 6.00. The lowest BCUT2D eigenvalue weighted by molar-refractivity contribution is -0.638. The van der Waals surface area contributed by atoms with Gasteiger partial charge in [-0.25, -0.2) is 4.39 Å². The number of benzene rings is 2. The first-order chi connectivity index (χ1) is 21.6. The number of carbonyl (C=O) groups is 4. The Morgan fingerprint density at radius 2 is 1.78 bits per heavy atom. The second-order valence-corrected chi connectivity index (χ2v) is 12.5. The molecule has 0 radical (unpaired) electrons. The topological polar surface area (TPSA) is 116 Å². The maximum absolute atomic E-state index is 14.4. The molecule has 2 atom stereocenters. The summed E-state index contributed by atoms with van der Waals surface area (Å²) in [6, 6.07) is 8.43. The number of likely N-dealkylation sites (N-methyl/N-ethyl adjacent to an activating group) is 1. The normalized spacial score (nSPS) is 20.5. The highest BCUT2D eigenvalue weighted by Gasteiger charge is 2.39. The molecule has 10 nitrogen and oxygen atoms in total. The van der Waals surface area contributed by atoms with Gasteiger partial charge in [0.1, 0.15) is 24.2 Å². The van der Waals surface area contributed by atoms with E-state index in [-0.39, 0.29) is 54.7 Å². The number of nitrogens with one attached hydrogen (secondary N) is 1. The van der Waals surface area contributed by atoms with Gasteiger partial charge in [0, 0.05) is 56.8 Å². The maximum atomic E-state index is 14.4. The van der Waals surface area contributed by atoms with E-state index in [0.29, 0.717) is 18.0 Å². The average Bonchev–Trinajstić information content (AvgIpc) is 3.56. The molecule has 3 aliphatic rings. The number of ether oxygens (including phenoxy) is 1. The van der Waals surface area contributed by atoms with Crippen molar-refractivity contribution in [1.82, 2.24) is 14.7 Å². The van der Waals surface area contributed by atoms with Crippen molar-refractivity contribution in [3.8, 4) is 5.75 Å². The van der Waals surface area contributed by atoms with E-state index in [2.05, 4.69) is 10.6 Å². The van der Waals surface area contributed by atoms with Gasteiger partial charge in [-0.3, -0.25) is 19.2 Å². The van der Waals surface area contributed by atoms with E-state index in [9.17, 15) is 23.6 Å². The Hall–Kier alpha value is -3.99. The number of hydrogen-bond acceptors (Lipinski definition) is 5. The van der Waals surface area contributed by atoms with Gasteiger partial charge in [-0.15, -0.1) is 0 Å². The zero-order valence-electron chi connectivity index (χ0n) is 26.5. The zero-order valence-corrected chi connectivity index (χ0v) is 26.5. The van der Waals surface area contributed by atoms with E-state index in [4.69, 9.17) is 4.74 Å². The standard InChI is InChI=1S/C34H44FN5O5/c1-4-38(3)34(44)30-21-39(32(42)25-16-26(35)19-27(17-25)37-22(2)41)14-15-40(30)33(43)24-10-11-31(45-28-12-13-36-20-28)29(18-24)23-8-6-5-7-9-23/h10-11,16-19,23,28,30,36H,4-9,12-15,20-21H2,1-3H3,(H,37,41)/p+1/t28-,30?/m0/s1. The van der Waals surface area contributed by atoms with E-state index in [1.807, 2.05) is 19.1 Å². The minimum atomic E-state index is -0.911. The third-order valence-electron chi connectivity index (χ3n) is 9.25. The first-order valence-corrected chi connectivity index (χ1v) is 16.2. The molecule has 5 rings (SSSR count). The van der Waals surface area contributed by atoms with E-state index < -0.39 is 17.8 Å². The van der Waals surface area contributed by atoms with Crippen molar-refractivity contribution < 1.29 is 33.6 Å². The van der Waals surface area contributed by atoms with E-state index >= 15 is 0 Å². The highest BCUT2D eigenvalue weighted by Crippen LogP contribution is 2.39. The first kappa shape index (κ1) is 32.4. The highest BCUT2D eigenvalue weighted by atomic mass is 19.1. The fourth-order valence-electron chi connectivity index (χ4n) is 6.70. The molecule has 0 aromatic heterocycles. The first-order valence-electron chi connectivity index (χ1n) is 16.2. The van der Waals surface area contributed by atoms with Crippen LogP contribution in [0.2, 0.25) is 0 Å². The van der Waals surface area contributed by atoms with E-state index in [1.54, 1.807) is 22.9 Å². The lowest BCUT2D eigenvalue weighted by Crippen LogP contribution is -2.81. The van der Waals surface area contributed by atoms with Crippen LogP contribution in [0.3, 0.4) is 0 Å². The Kier molecular flexibility index (Phi) is 10.4. The summed E-state index contributed by atoms with van der Waals surface area (Å²) in [7, 11) is 1.67. The summed E-state index contributed by atoms with van der Waals surface area (Å²) in [6.45, 7) is 5.84. The third kappa shape index (κ3) is 7.64. The van der Waals surface area contributed by atoms with Crippen LogP contribution in [-0.4, -0.2) is 96.8 Å². The third-order valence-corrected chi connectivity index (χ3v) is 9.25. The number of quaternary nitrogens is 1. The smallest absolute Gasteiger partial charge is 0.254 e. The number of hydrogen-bond donors (Lipinski definition) is 2. The molecule has 2 aromatic carbocycles. The molecule has 0 spiro atoms.